The first kappa shape index (κ1) is 19.7. The largest absolute Gasteiger partial charge is 0.378 e. The number of nitrogens with one attached hydrogen (secondary N) is 1. The molecule has 0 aromatic heterocycles. The van der Waals surface area contributed by atoms with E-state index in [4.69, 9.17) is 10.6 Å². The van der Waals surface area contributed by atoms with Crippen molar-refractivity contribution < 1.29 is 23.1 Å². The number of anilines is 1. The third-order valence-corrected chi connectivity index (χ3v) is 4.43. The number of hydrazine groups is 1. The van der Waals surface area contributed by atoms with Gasteiger partial charge in [-0.1, -0.05) is 6.07 Å². The number of carbonyl (C=O) groups is 2. The molecule has 2 aromatic rings. The van der Waals surface area contributed by atoms with Gasteiger partial charge in [0.1, 0.15) is 11.6 Å². The van der Waals surface area contributed by atoms with Crippen LogP contribution in [0.3, 0.4) is 0 Å². The van der Waals surface area contributed by atoms with E-state index in [1.165, 1.54) is 41.3 Å². The monoisotopic (exact) mass is 390 g/mol. The van der Waals surface area contributed by atoms with Crippen LogP contribution < -0.4 is 16.2 Å². The van der Waals surface area contributed by atoms with Crippen molar-refractivity contribution in [3.63, 3.8) is 0 Å². The van der Waals surface area contributed by atoms with Crippen LogP contribution in [0.4, 0.5) is 19.3 Å². The van der Waals surface area contributed by atoms with E-state index in [9.17, 15) is 18.4 Å². The number of ether oxygens (including phenoxy) is 1. The molecule has 1 saturated heterocycles. The highest BCUT2D eigenvalue weighted by molar-refractivity contribution is 5.94. The topological polar surface area (TPSA) is 87.9 Å². The number of benzene rings is 2. The third kappa shape index (κ3) is 4.44. The first-order chi connectivity index (χ1) is 13.5. The molecule has 28 heavy (non-hydrogen) atoms. The summed E-state index contributed by atoms with van der Waals surface area (Å²) in [5.41, 5.74) is 2.64. The molecule has 0 bridgehead atoms. The first-order valence-electron chi connectivity index (χ1n) is 8.68. The molecule has 3 rings (SSSR count). The maximum atomic E-state index is 14.5. The summed E-state index contributed by atoms with van der Waals surface area (Å²) < 4.78 is 33.1. The molecule has 2 aromatic carbocycles. The first-order valence-corrected chi connectivity index (χ1v) is 8.68. The second-order valence-corrected chi connectivity index (χ2v) is 6.22. The van der Waals surface area contributed by atoms with E-state index in [0.29, 0.717) is 32.0 Å². The molecule has 1 heterocycles. The molecule has 0 spiro atoms. The Morgan fingerprint density at radius 1 is 1.11 bits per heavy atom. The lowest BCUT2D eigenvalue weighted by molar-refractivity contribution is 0.0548. The van der Waals surface area contributed by atoms with Gasteiger partial charge < -0.3 is 9.64 Å². The molecule has 148 valence electrons. The number of hydrogen-bond donors (Lipinski definition) is 2. The normalized spacial score (nSPS) is 13.9. The van der Waals surface area contributed by atoms with Crippen molar-refractivity contribution in [1.29, 1.82) is 0 Å². The summed E-state index contributed by atoms with van der Waals surface area (Å²) in [6.07, 6.45) is 0. The Hall–Kier alpha value is -3.04. The van der Waals surface area contributed by atoms with Crippen molar-refractivity contribution in [1.82, 2.24) is 10.3 Å². The average Bonchev–Trinajstić information content (AvgIpc) is 2.73. The molecule has 1 aliphatic heterocycles. The standard InChI is InChI=1S/C19H20F2N4O3/c20-15-3-5-16(6-4-15)25(19(27)24-7-9-28-10-8-24)12-14-2-1-13(11-17(14)21)18(26)23-22/h1-6,11H,7-10,12,22H2,(H,23,26). The zero-order valence-corrected chi connectivity index (χ0v) is 15.0. The van der Waals surface area contributed by atoms with Crippen molar-refractivity contribution >= 4 is 17.6 Å². The van der Waals surface area contributed by atoms with Crippen molar-refractivity contribution in [2.75, 3.05) is 31.2 Å². The van der Waals surface area contributed by atoms with Crippen LogP contribution in [0.25, 0.3) is 0 Å². The lowest BCUT2D eigenvalue weighted by Crippen LogP contribution is -2.48. The molecular formula is C19H20F2N4O3. The van der Waals surface area contributed by atoms with Gasteiger partial charge in [0.2, 0.25) is 0 Å². The van der Waals surface area contributed by atoms with Crippen LogP contribution in [0.1, 0.15) is 15.9 Å². The SMILES string of the molecule is NNC(=O)c1ccc(CN(C(=O)N2CCOCC2)c2ccc(F)cc2)c(F)c1. The molecular weight excluding hydrogens is 370 g/mol. The van der Waals surface area contributed by atoms with Crippen LogP contribution >= 0.6 is 0 Å². The molecule has 0 radical (unpaired) electrons. The fourth-order valence-electron chi connectivity index (χ4n) is 2.89. The number of nitrogens with two attached hydrogens (primary N) is 1. The van der Waals surface area contributed by atoms with Gasteiger partial charge in [0, 0.05) is 29.9 Å². The number of nitrogen functional groups attached to an aromatic ring is 1. The fourth-order valence-corrected chi connectivity index (χ4v) is 2.89. The Kier molecular flexibility index (Phi) is 6.17. The van der Waals surface area contributed by atoms with E-state index < -0.39 is 17.5 Å². The fraction of sp³-hybridized carbons (Fsp3) is 0.263. The van der Waals surface area contributed by atoms with Crippen molar-refractivity contribution in [3.05, 3.63) is 65.2 Å². The minimum absolute atomic E-state index is 0.0663. The number of hydrogen-bond acceptors (Lipinski definition) is 4. The molecule has 1 aliphatic rings. The highest BCUT2D eigenvalue weighted by Gasteiger charge is 2.25. The van der Waals surface area contributed by atoms with Crippen LogP contribution in [-0.4, -0.2) is 43.1 Å². The molecule has 0 aliphatic carbocycles. The second-order valence-electron chi connectivity index (χ2n) is 6.22. The van der Waals surface area contributed by atoms with Crippen molar-refractivity contribution in [2.24, 2.45) is 5.84 Å². The number of amides is 3. The van der Waals surface area contributed by atoms with Gasteiger partial charge in [0.25, 0.3) is 5.91 Å². The maximum absolute atomic E-state index is 14.5. The van der Waals surface area contributed by atoms with Gasteiger partial charge >= 0.3 is 6.03 Å². The minimum atomic E-state index is -0.650. The highest BCUT2D eigenvalue weighted by Crippen LogP contribution is 2.22. The zero-order valence-electron chi connectivity index (χ0n) is 15.0. The Morgan fingerprint density at radius 3 is 2.39 bits per heavy atom. The van der Waals surface area contributed by atoms with Crippen molar-refractivity contribution in [2.45, 2.75) is 6.54 Å². The molecule has 0 unspecified atom stereocenters. The Balaban J connectivity index is 1.89. The number of rotatable bonds is 4. The summed E-state index contributed by atoms with van der Waals surface area (Å²) >= 11 is 0. The van der Waals surface area contributed by atoms with Gasteiger partial charge in [-0.05, 0) is 36.4 Å². The molecule has 0 saturated carbocycles. The molecule has 3 N–H and O–H groups in total. The smallest absolute Gasteiger partial charge is 0.324 e. The molecule has 9 heteroatoms. The maximum Gasteiger partial charge on any atom is 0.324 e. The van der Waals surface area contributed by atoms with E-state index in [1.807, 2.05) is 5.43 Å². The molecule has 3 amide bonds. The van der Waals surface area contributed by atoms with E-state index in [1.54, 1.807) is 4.90 Å². The van der Waals surface area contributed by atoms with Gasteiger partial charge in [-0.3, -0.25) is 15.1 Å². The number of urea groups is 1. The summed E-state index contributed by atoms with van der Waals surface area (Å²) in [7, 11) is 0. The zero-order chi connectivity index (χ0) is 20.1. The van der Waals surface area contributed by atoms with Crippen LogP contribution in [0, 0.1) is 11.6 Å². The quantitative estimate of drug-likeness (QED) is 0.475. The third-order valence-electron chi connectivity index (χ3n) is 4.43. The van der Waals surface area contributed by atoms with E-state index in [0.717, 1.165) is 6.07 Å². The summed E-state index contributed by atoms with van der Waals surface area (Å²) in [5.74, 6) is 3.35. The highest BCUT2D eigenvalue weighted by atomic mass is 19.1. The van der Waals surface area contributed by atoms with Gasteiger partial charge in [-0.15, -0.1) is 0 Å². The summed E-state index contributed by atoms with van der Waals surface area (Å²) in [5, 5.41) is 0. The van der Waals surface area contributed by atoms with Crippen molar-refractivity contribution in [3.8, 4) is 0 Å². The number of halogens is 2. The Bertz CT molecular complexity index is 855. The van der Waals surface area contributed by atoms with Crippen LogP contribution in [0.15, 0.2) is 42.5 Å². The van der Waals surface area contributed by atoms with Crippen LogP contribution in [-0.2, 0) is 11.3 Å². The second kappa shape index (κ2) is 8.77. The summed E-state index contributed by atoms with van der Waals surface area (Å²) in [4.78, 5) is 27.5. The van der Waals surface area contributed by atoms with Gasteiger partial charge in [0.05, 0.1) is 19.8 Å². The van der Waals surface area contributed by atoms with E-state index in [2.05, 4.69) is 0 Å². The number of morpholine rings is 1. The van der Waals surface area contributed by atoms with Gasteiger partial charge in [0.15, 0.2) is 0 Å². The predicted molar refractivity (Wildman–Crippen MR) is 98.4 cm³/mol. The average molecular weight is 390 g/mol. The number of nitrogens with zero attached hydrogens (tertiary/aromatic N) is 2. The lowest BCUT2D eigenvalue weighted by Gasteiger charge is -2.33. The number of carbonyl (C=O) groups excluding carboxylic acids is 2. The summed E-state index contributed by atoms with van der Waals surface area (Å²) in [6.45, 7) is 1.57. The molecule has 1 fully saturated rings. The lowest BCUT2D eigenvalue weighted by atomic mass is 10.1. The van der Waals surface area contributed by atoms with Gasteiger partial charge in [-0.25, -0.2) is 19.4 Å². The Labute approximate surface area is 160 Å². The van der Waals surface area contributed by atoms with E-state index >= 15 is 0 Å². The predicted octanol–water partition coefficient (Wildman–Crippen LogP) is 2.03. The minimum Gasteiger partial charge on any atom is -0.378 e. The summed E-state index contributed by atoms with van der Waals surface area (Å²) in [6, 6.07) is 8.95. The van der Waals surface area contributed by atoms with Crippen LogP contribution in [0.5, 0.6) is 0 Å². The molecule has 0 atom stereocenters. The van der Waals surface area contributed by atoms with E-state index in [-0.39, 0.29) is 23.7 Å². The Morgan fingerprint density at radius 2 is 1.79 bits per heavy atom. The van der Waals surface area contributed by atoms with Gasteiger partial charge in [-0.2, -0.15) is 0 Å². The molecule has 7 nitrogen and oxygen atoms in total. The van der Waals surface area contributed by atoms with Crippen LogP contribution in [0.2, 0.25) is 0 Å².